The van der Waals surface area contributed by atoms with E-state index in [4.69, 9.17) is 36.1 Å². The summed E-state index contributed by atoms with van der Waals surface area (Å²) in [6.45, 7) is 21.8. The molecule has 0 radical (unpaired) electrons. The zero-order valence-electron chi connectivity index (χ0n) is 70.3. The molecule has 636 valence electrons. The number of nitrogens with zero attached hydrogens (tertiary/aromatic N) is 2. The number of ether oxygens (including phenoxy) is 4. The van der Waals surface area contributed by atoms with E-state index in [0.29, 0.717) is 77.2 Å². The fourth-order valence-corrected chi connectivity index (χ4v) is 15.3. The van der Waals surface area contributed by atoms with Crippen LogP contribution in [0.1, 0.15) is 193 Å². The number of benzene rings is 4. The average molecular weight is 1610 g/mol. The average Bonchev–Trinajstić information content (AvgIpc) is 1.62. The molecule has 4 aromatic carbocycles. The predicted molar refractivity (Wildman–Crippen MR) is 440 cm³/mol. The van der Waals surface area contributed by atoms with Crippen molar-refractivity contribution in [1.82, 2.24) is 47.0 Å². The van der Waals surface area contributed by atoms with Gasteiger partial charge in [0.15, 0.2) is 5.78 Å². The number of alkyl carbamates (subject to hydrolysis) is 2. The summed E-state index contributed by atoms with van der Waals surface area (Å²) >= 11 is 0. The van der Waals surface area contributed by atoms with Crippen LogP contribution in [0, 0.1) is 23.2 Å². The third kappa shape index (κ3) is 27.7. The summed E-state index contributed by atoms with van der Waals surface area (Å²) in [6.07, 6.45) is 4.68. The van der Waals surface area contributed by atoms with E-state index in [1.165, 1.54) is 14.2 Å². The fourth-order valence-electron chi connectivity index (χ4n) is 15.3. The number of esters is 2. The van der Waals surface area contributed by atoms with E-state index in [9.17, 15) is 57.5 Å². The molecule has 28 nitrogen and oxygen atoms in total. The Morgan fingerprint density at radius 3 is 1.32 bits per heavy atom. The second-order valence-electron chi connectivity index (χ2n) is 34.9. The number of hydrogen-bond donors (Lipinski definition) is 10. The number of piperidine rings is 2. The van der Waals surface area contributed by atoms with Gasteiger partial charge in [0.2, 0.25) is 41.4 Å². The summed E-state index contributed by atoms with van der Waals surface area (Å²) in [7, 11) is 2.63. The Bertz CT molecular complexity index is 3960. The minimum atomic E-state index is -1.48. The number of unbranched alkanes of at least 4 members (excludes halogenated alkanes) is 2. The highest BCUT2D eigenvalue weighted by atomic mass is 16.6. The van der Waals surface area contributed by atoms with Crippen LogP contribution in [0.5, 0.6) is 0 Å². The van der Waals surface area contributed by atoms with Gasteiger partial charge in [-0.25, -0.2) is 9.59 Å². The van der Waals surface area contributed by atoms with Crippen LogP contribution >= 0.6 is 0 Å². The number of amides is 9. The van der Waals surface area contributed by atoms with Crippen LogP contribution in [-0.4, -0.2) is 193 Å². The van der Waals surface area contributed by atoms with Gasteiger partial charge in [0.25, 0.3) is 0 Å². The number of ketones is 1. The van der Waals surface area contributed by atoms with Gasteiger partial charge < -0.3 is 83.2 Å². The molecule has 0 aromatic heterocycles. The number of nitrogens with two attached hydrogens (primary N) is 3. The maximum atomic E-state index is 14.6. The second kappa shape index (κ2) is 42.4. The number of carbonyl (C=O) groups excluding carboxylic acids is 12. The maximum absolute atomic E-state index is 14.6. The number of Topliss-reactive ketones (excluding diaryl/α,β-unsaturated/α-hetero) is 1. The fraction of sp³-hybridized carbons (Fsp3) is 0.591. The van der Waals surface area contributed by atoms with Gasteiger partial charge in [-0.2, -0.15) is 0 Å². The van der Waals surface area contributed by atoms with Crippen LogP contribution in [0.3, 0.4) is 0 Å². The van der Waals surface area contributed by atoms with Crippen molar-refractivity contribution in [3.8, 4) is 0 Å². The SMILES string of the molecule is COC(=O)C1(C)CCN(C(=O)[C@@H](CCCCNC(=O)OC(C)(C)C)NC(=O)C(CC(C)C)NC(=O)[C@@H](Cc2ccccc2)NC(=O)C2(NC(=O)OC(C)(C)C)Cc3ccccc3C2)CC1.COC(=O)C1(N)CCN(C(=O)[C@@H](CCCCN)NC(=O)C(CC(C)C)NC(=O)[C@H](CC(=O)C2(N)Cc3ccccc3C2)Cc2ccccc2)CC1. The number of fused-ring (bicyclic) bond motifs is 2. The lowest BCUT2D eigenvalue weighted by atomic mass is 9.80. The Morgan fingerprint density at radius 2 is 0.871 bits per heavy atom. The molecule has 2 aliphatic carbocycles. The van der Waals surface area contributed by atoms with Gasteiger partial charge in [-0.05, 0) is 197 Å². The third-order valence-electron chi connectivity index (χ3n) is 21.9. The van der Waals surface area contributed by atoms with Crippen molar-refractivity contribution >= 4 is 71.3 Å². The normalized spacial score (nSPS) is 17.3. The highest BCUT2D eigenvalue weighted by molar-refractivity contribution is 5.99. The summed E-state index contributed by atoms with van der Waals surface area (Å²) < 4.78 is 20.8. The molecule has 2 saturated heterocycles. The lowest BCUT2D eigenvalue weighted by molar-refractivity contribution is -0.156. The molecule has 28 heteroatoms. The Labute approximate surface area is 684 Å². The zero-order chi connectivity index (χ0) is 85.3. The summed E-state index contributed by atoms with van der Waals surface area (Å²) in [5.41, 5.74) is 18.2. The first-order valence-electron chi connectivity index (χ1n) is 41.0. The number of methoxy groups -OCH3 is 2. The Kier molecular flexibility index (Phi) is 34.1. The molecule has 9 amide bonds. The highest BCUT2D eigenvalue weighted by Gasteiger charge is 2.49. The van der Waals surface area contributed by atoms with Crippen molar-refractivity contribution in [3.05, 3.63) is 143 Å². The van der Waals surface area contributed by atoms with Crippen molar-refractivity contribution in [2.24, 2.45) is 40.4 Å². The quantitative estimate of drug-likeness (QED) is 0.0123. The number of rotatable bonds is 35. The number of nitrogens with one attached hydrogen (secondary N) is 7. The van der Waals surface area contributed by atoms with Crippen molar-refractivity contribution < 1.29 is 76.5 Å². The molecule has 8 rings (SSSR count). The molecule has 4 aromatic rings. The molecule has 0 spiro atoms. The van der Waals surface area contributed by atoms with Gasteiger partial charge in [0.05, 0.1) is 25.2 Å². The first-order valence-corrected chi connectivity index (χ1v) is 41.0. The van der Waals surface area contributed by atoms with Crippen LogP contribution < -0.4 is 54.4 Å². The standard InChI is InChI=1S/C49H72N6O10.C39H56N6O6/c1-32(2)28-37(39(56)51-36(22-16-17-25-50-44(61)64-46(3,4)5)41(58)55-26-23-48(9,24-27-55)43(60)63-10)52-40(57)38(29-33-18-12-11-13-19-33)53-42(59)49(54-45(62)65-47(6,7)8)30-34-20-14-15-21-35(34)31-49;1-26(2)21-32(35(48)43-31(15-9-10-18-40)36(49)45-19-16-38(41,17-20-45)37(50)51-3)44-34(47)30(22-27-11-5-4-6-12-27)23-33(46)39(42)24-28-13-7-8-14-29(28)25-39/h11-15,18-21,32,36-38H,16-17,22-31H2,1-10H3,(H,50,61)(H,51,56)(H,52,57)(H,53,59)(H,54,62);4-8,11-14,26,30-32H,9-10,15-25,40-42H2,1-3H3,(H,43,48)(H,44,47)/t36-,37?,38-;30-,31+,32?/m10/s1. The van der Waals surface area contributed by atoms with E-state index in [2.05, 4.69) is 37.2 Å². The number of carbonyl (C=O) groups is 12. The lowest BCUT2D eigenvalue weighted by Gasteiger charge is -2.39. The molecule has 2 aliphatic heterocycles. The molecule has 2 fully saturated rings. The summed E-state index contributed by atoms with van der Waals surface area (Å²) in [5.74, 6) is -5.15. The van der Waals surface area contributed by atoms with Gasteiger partial charge >= 0.3 is 24.1 Å². The van der Waals surface area contributed by atoms with E-state index < -0.39 is 117 Å². The molecule has 2 unspecified atom stereocenters. The molecular weight excluding hydrogens is 1480 g/mol. The van der Waals surface area contributed by atoms with Crippen molar-refractivity contribution in [2.75, 3.05) is 53.5 Å². The van der Waals surface area contributed by atoms with E-state index in [1.54, 1.807) is 51.3 Å². The molecule has 0 saturated carbocycles. The first kappa shape index (κ1) is 93.4. The highest BCUT2D eigenvalue weighted by Crippen LogP contribution is 2.35. The molecule has 0 bridgehead atoms. The summed E-state index contributed by atoms with van der Waals surface area (Å²) in [4.78, 5) is 167. The second-order valence-corrected chi connectivity index (χ2v) is 34.9. The van der Waals surface area contributed by atoms with E-state index in [-0.39, 0.29) is 119 Å². The van der Waals surface area contributed by atoms with E-state index >= 15 is 0 Å². The summed E-state index contributed by atoms with van der Waals surface area (Å²) in [6, 6.07) is 28.9. The minimum absolute atomic E-state index is 0.0315. The molecular formula is C88H128N12O16. The largest absolute Gasteiger partial charge is 0.469 e. The van der Waals surface area contributed by atoms with Crippen LogP contribution in [0.25, 0.3) is 0 Å². The van der Waals surface area contributed by atoms with Crippen LogP contribution in [0.15, 0.2) is 109 Å². The van der Waals surface area contributed by atoms with Gasteiger partial charge in [-0.3, -0.25) is 47.9 Å². The molecule has 2 heterocycles. The Hall–Kier alpha value is -9.80. The molecule has 6 atom stereocenters. The minimum Gasteiger partial charge on any atom is -0.469 e. The molecule has 13 N–H and O–H groups in total. The molecule has 4 aliphatic rings. The maximum Gasteiger partial charge on any atom is 0.408 e. The number of likely N-dealkylation sites (tertiary alicyclic amines) is 2. The van der Waals surface area contributed by atoms with Crippen molar-refractivity contribution in [2.45, 2.75) is 256 Å². The van der Waals surface area contributed by atoms with Crippen LogP contribution in [0.2, 0.25) is 0 Å². The molecule has 116 heavy (non-hydrogen) atoms. The smallest absolute Gasteiger partial charge is 0.408 e. The van der Waals surface area contributed by atoms with E-state index in [0.717, 1.165) is 33.4 Å². The van der Waals surface area contributed by atoms with Crippen molar-refractivity contribution in [1.29, 1.82) is 0 Å². The predicted octanol–water partition coefficient (Wildman–Crippen LogP) is 7.23. The van der Waals surface area contributed by atoms with E-state index in [1.807, 2.05) is 144 Å². The van der Waals surface area contributed by atoms with Gasteiger partial charge in [-0.1, -0.05) is 137 Å². The summed E-state index contributed by atoms with van der Waals surface area (Å²) in [5, 5.41) is 20.3. The third-order valence-corrected chi connectivity index (χ3v) is 21.9. The monoisotopic (exact) mass is 1610 g/mol. The topological polar surface area (TPSA) is 411 Å². The zero-order valence-corrected chi connectivity index (χ0v) is 70.3. The first-order chi connectivity index (χ1) is 54.7. The Morgan fingerprint density at radius 1 is 0.466 bits per heavy atom. The Balaban J connectivity index is 0.000000330. The van der Waals surface area contributed by atoms with Gasteiger partial charge in [0, 0.05) is 64.3 Å². The van der Waals surface area contributed by atoms with Crippen LogP contribution in [-0.2, 0) is 105 Å². The number of hydrogen-bond acceptors (Lipinski definition) is 19. The van der Waals surface area contributed by atoms with Gasteiger partial charge in [0.1, 0.15) is 52.5 Å². The van der Waals surface area contributed by atoms with Crippen molar-refractivity contribution in [3.63, 3.8) is 0 Å². The van der Waals surface area contributed by atoms with Gasteiger partial charge in [-0.15, -0.1) is 0 Å². The van der Waals surface area contributed by atoms with Crippen LogP contribution in [0.4, 0.5) is 9.59 Å². The lowest BCUT2D eigenvalue weighted by Crippen LogP contribution is -2.64.